The van der Waals surface area contributed by atoms with Gasteiger partial charge in [0.25, 0.3) is 5.69 Å². The number of benzene rings is 2. The Labute approximate surface area is 141 Å². The molecule has 124 valence electrons. The van der Waals surface area contributed by atoms with Crippen molar-refractivity contribution in [2.45, 2.75) is 26.2 Å². The molecule has 2 aromatic carbocycles. The van der Waals surface area contributed by atoms with E-state index in [-0.39, 0.29) is 11.6 Å². The number of amides is 1. The average Bonchev–Trinajstić information content (AvgIpc) is 2.60. The monoisotopic (exact) mass is 324 g/mol. The summed E-state index contributed by atoms with van der Waals surface area (Å²) in [7, 11) is 0. The maximum atomic E-state index is 12.0. The van der Waals surface area contributed by atoms with Gasteiger partial charge in [-0.1, -0.05) is 38.1 Å². The van der Waals surface area contributed by atoms with Gasteiger partial charge in [-0.3, -0.25) is 14.9 Å². The summed E-state index contributed by atoms with van der Waals surface area (Å²) in [6.45, 7) is 4.29. The number of nitro groups is 1. The maximum Gasteiger partial charge on any atom is 0.276 e. The Morgan fingerprint density at radius 3 is 2.50 bits per heavy atom. The molecule has 0 unspecified atom stereocenters. The average molecular weight is 324 g/mol. The van der Waals surface area contributed by atoms with Crippen molar-refractivity contribution in [3.8, 4) is 0 Å². The predicted octanol–water partition coefficient (Wildman–Crippen LogP) is 4.76. The molecule has 0 saturated heterocycles. The van der Waals surface area contributed by atoms with E-state index in [1.807, 2.05) is 24.3 Å². The lowest BCUT2D eigenvalue weighted by molar-refractivity contribution is -0.385. The van der Waals surface area contributed by atoms with Crippen LogP contribution in [0.25, 0.3) is 6.08 Å². The van der Waals surface area contributed by atoms with Gasteiger partial charge in [-0.25, -0.2) is 0 Å². The minimum atomic E-state index is -0.467. The molecule has 0 saturated carbocycles. The largest absolute Gasteiger partial charge is 0.323 e. The second-order valence-electron chi connectivity index (χ2n) is 5.57. The fraction of sp³-hybridized carbons (Fsp3) is 0.211. The smallest absolute Gasteiger partial charge is 0.276 e. The highest BCUT2D eigenvalue weighted by Crippen LogP contribution is 2.21. The molecule has 1 N–H and O–H groups in total. The van der Waals surface area contributed by atoms with E-state index < -0.39 is 4.92 Å². The van der Waals surface area contributed by atoms with Crippen LogP contribution in [-0.2, 0) is 4.79 Å². The molecule has 24 heavy (non-hydrogen) atoms. The van der Waals surface area contributed by atoms with Crippen LogP contribution in [0.1, 0.15) is 37.3 Å². The highest BCUT2D eigenvalue weighted by molar-refractivity contribution is 6.02. The molecular weight excluding hydrogens is 304 g/mol. The number of carbonyl (C=O) groups excluding carboxylic acids is 1. The van der Waals surface area contributed by atoms with Crippen molar-refractivity contribution in [3.63, 3.8) is 0 Å². The van der Waals surface area contributed by atoms with E-state index in [2.05, 4.69) is 19.2 Å². The molecule has 2 aromatic rings. The Kier molecular flexibility index (Phi) is 5.84. The summed E-state index contributed by atoms with van der Waals surface area (Å²) in [5.74, 6) is 0.151. The van der Waals surface area contributed by atoms with Gasteiger partial charge in [0.15, 0.2) is 0 Å². The molecule has 5 nitrogen and oxygen atoms in total. The number of nitro benzene ring substituents is 1. The number of hydrogen-bond acceptors (Lipinski definition) is 3. The van der Waals surface area contributed by atoms with Crippen LogP contribution in [0, 0.1) is 10.1 Å². The number of nitrogens with one attached hydrogen (secondary N) is 1. The van der Waals surface area contributed by atoms with E-state index in [4.69, 9.17) is 0 Å². The topological polar surface area (TPSA) is 72.2 Å². The number of rotatable bonds is 6. The number of nitrogens with zero attached hydrogens (tertiary/aromatic N) is 1. The van der Waals surface area contributed by atoms with Crippen LogP contribution in [0.2, 0.25) is 0 Å². The first-order valence-corrected chi connectivity index (χ1v) is 7.83. The van der Waals surface area contributed by atoms with E-state index in [0.717, 1.165) is 6.42 Å². The van der Waals surface area contributed by atoms with Crippen molar-refractivity contribution in [2.75, 3.05) is 5.32 Å². The SMILES string of the molecule is CC[C@H](C)c1ccc(NC(=O)/C=C/c2ccccc2[N+](=O)[O-])cc1. The summed E-state index contributed by atoms with van der Waals surface area (Å²) in [5.41, 5.74) is 2.29. The van der Waals surface area contributed by atoms with Crippen LogP contribution >= 0.6 is 0 Å². The van der Waals surface area contributed by atoms with Crippen LogP contribution in [0.3, 0.4) is 0 Å². The zero-order valence-electron chi connectivity index (χ0n) is 13.7. The fourth-order valence-corrected chi connectivity index (χ4v) is 2.27. The Balaban J connectivity index is 2.04. The minimum absolute atomic E-state index is 0.0283. The molecule has 0 spiro atoms. The van der Waals surface area contributed by atoms with E-state index >= 15 is 0 Å². The first kappa shape index (κ1) is 17.4. The fourth-order valence-electron chi connectivity index (χ4n) is 2.27. The maximum absolute atomic E-state index is 12.0. The van der Waals surface area contributed by atoms with Gasteiger partial charge in [0.1, 0.15) is 0 Å². The summed E-state index contributed by atoms with van der Waals surface area (Å²) in [5, 5.41) is 13.7. The standard InChI is InChI=1S/C19H20N2O3/c1-3-14(2)15-8-11-17(12-9-15)20-19(22)13-10-16-6-4-5-7-18(16)21(23)24/h4-14H,3H2,1-2H3,(H,20,22)/b13-10+/t14-/m0/s1. The van der Waals surface area contributed by atoms with Crippen LogP contribution in [0.15, 0.2) is 54.6 Å². The molecule has 0 aliphatic carbocycles. The Morgan fingerprint density at radius 1 is 1.21 bits per heavy atom. The van der Waals surface area contributed by atoms with Crippen molar-refractivity contribution in [1.82, 2.24) is 0 Å². The summed E-state index contributed by atoms with van der Waals surface area (Å²) in [6.07, 6.45) is 3.80. The van der Waals surface area contributed by atoms with Crippen molar-refractivity contribution in [2.24, 2.45) is 0 Å². The second-order valence-corrected chi connectivity index (χ2v) is 5.57. The molecule has 1 atom stereocenters. The van der Waals surface area contributed by atoms with Gasteiger partial charge in [0.05, 0.1) is 10.5 Å². The summed E-state index contributed by atoms with van der Waals surface area (Å²) in [6, 6.07) is 14.0. The lowest BCUT2D eigenvalue weighted by Crippen LogP contribution is -2.07. The number of carbonyl (C=O) groups is 1. The van der Waals surface area contributed by atoms with Gasteiger partial charge < -0.3 is 5.32 Å². The Morgan fingerprint density at radius 2 is 1.88 bits per heavy atom. The number of anilines is 1. The predicted molar refractivity (Wildman–Crippen MR) is 95.9 cm³/mol. The highest BCUT2D eigenvalue weighted by Gasteiger charge is 2.10. The molecule has 0 aliphatic rings. The lowest BCUT2D eigenvalue weighted by atomic mass is 9.99. The summed E-state index contributed by atoms with van der Waals surface area (Å²) in [4.78, 5) is 22.4. The Hall–Kier alpha value is -2.95. The van der Waals surface area contributed by atoms with Gasteiger partial charge in [-0.2, -0.15) is 0 Å². The zero-order valence-corrected chi connectivity index (χ0v) is 13.7. The molecular formula is C19H20N2O3. The first-order chi connectivity index (χ1) is 11.5. The van der Waals surface area contributed by atoms with Gasteiger partial charge in [0, 0.05) is 17.8 Å². The molecule has 0 heterocycles. The number of hydrogen-bond donors (Lipinski definition) is 1. The molecule has 2 rings (SSSR count). The van der Waals surface area contributed by atoms with Crippen LogP contribution in [0.5, 0.6) is 0 Å². The molecule has 0 bridgehead atoms. The second kappa shape index (κ2) is 8.06. The van der Waals surface area contributed by atoms with E-state index in [0.29, 0.717) is 17.2 Å². The van der Waals surface area contributed by atoms with Gasteiger partial charge >= 0.3 is 0 Å². The van der Waals surface area contributed by atoms with Crippen molar-refractivity contribution in [1.29, 1.82) is 0 Å². The first-order valence-electron chi connectivity index (χ1n) is 7.83. The third-order valence-electron chi connectivity index (χ3n) is 3.91. The minimum Gasteiger partial charge on any atom is -0.323 e. The summed E-state index contributed by atoms with van der Waals surface area (Å²) < 4.78 is 0. The summed E-state index contributed by atoms with van der Waals surface area (Å²) >= 11 is 0. The molecule has 0 radical (unpaired) electrons. The van der Waals surface area contributed by atoms with Crippen LogP contribution in [-0.4, -0.2) is 10.8 Å². The molecule has 5 heteroatoms. The zero-order chi connectivity index (χ0) is 17.5. The Bertz CT molecular complexity index is 751. The van der Waals surface area contributed by atoms with E-state index in [9.17, 15) is 14.9 Å². The van der Waals surface area contributed by atoms with E-state index in [1.54, 1.807) is 18.2 Å². The molecule has 0 aromatic heterocycles. The third-order valence-corrected chi connectivity index (χ3v) is 3.91. The van der Waals surface area contributed by atoms with Crippen molar-refractivity contribution in [3.05, 3.63) is 75.8 Å². The quantitative estimate of drug-likeness (QED) is 0.473. The normalized spacial score (nSPS) is 12.1. The number of para-hydroxylation sites is 1. The highest BCUT2D eigenvalue weighted by atomic mass is 16.6. The third kappa shape index (κ3) is 4.52. The van der Waals surface area contributed by atoms with Crippen molar-refractivity contribution >= 4 is 23.4 Å². The van der Waals surface area contributed by atoms with Gasteiger partial charge in [-0.05, 0) is 42.2 Å². The van der Waals surface area contributed by atoms with Gasteiger partial charge in [-0.15, -0.1) is 0 Å². The van der Waals surface area contributed by atoms with Crippen molar-refractivity contribution < 1.29 is 9.72 Å². The van der Waals surface area contributed by atoms with Gasteiger partial charge in [0.2, 0.25) is 5.91 Å². The molecule has 0 fully saturated rings. The lowest BCUT2D eigenvalue weighted by Gasteiger charge is -2.09. The van der Waals surface area contributed by atoms with Crippen LogP contribution in [0.4, 0.5) is 11.4 Å². The van der Waals surface area contributed by atoms with E-state index in [1.165, 1.54) is 23.8 Å². The molecule has 1 amide bonds. The van der Waals surface area contributed by atoms with Crippen LogP contribution < -0.4 is 5.32 Å². The molecule has 0 aliphatic heterocycles.